The Bertz CT molecular complexity index is 674. The highest BCUT2D eigenvalue weighted by molar-refractivity contribution is 5.54. The number of aromatic nitrogens is 2. The smallest absolute Gasteiger partial charge is 0.223 e. The molecule has 1 N–H and O–H groups in total. The number of aryl methyl sites for hydroxylation is 2. The number of rotatable bonds is 4. The van der Waals surface area contributed by atoms with Crippen molar-refractivity contribution in [3.8, 4) is 11.4 Å². The van der Waals surface area contributed by atoms with Gasteiger partial charge in [0, 0.05) is 19.0 Å². The Morgan fingerprint density at radius 2 is 2.00 bits per heavy atom. The molecule has 3 aliphatic heterocycles. The summed E-state index contributed by atoms with van der Waals surface area (Å²) in [5.74, 6) is 1.69. The van der Waals surface area contributed by atoms with Crippen molar-refractivity contribution in [1.82, 2.24) is 15.0 Å². The van der Waals surface area contributed by atoms with Gasteiger partial charge < -0.3 is 14.5 Å². The highest BCUT2D eigenvalue weighted by Gasteiger charge is 2.44. The van der Waals surface area contributed by atoms with Gasteiger partial charge in [-0.15, -0.1) is 0 Å². The number of fused-ring (bicyclic) bond motifs is 3. The van der Waals surface area contributed by atoms with Crippen molar-refractivity contribution in [3.05, 3.63) is 35.7 Å². The minimum absolute atomic E-state index is 0.481. The fourth-order valence-corrected chi connectivity index (χ4v) is 4.03. The summed E-state index contributed by atoms with van der Waals surface area (Å²) < 4.78 is 5.02. The number of hydrogen-bond acceptors (Lipinski definition) is 5. The van der Waals surface area contributed by atoms with Crippen LogP contribution in [0.4, 0.5) is 0 Å². The molecule has 0 radical (unpaired) electrons. The molecule has 1 aromatic heterocycles. The van der Waals surface area contributed by atoms with Crippen LogP contribution >= 0.6 is 0 Å². The first-order valence-electron chi connectivity index (χ1n) is 8.47. The number of aliphatic hydroxyl groups is 1. The fourth-order valence-electron chi connectivity index (χ4n) is 4.03. The lowest BCUT2D eigenvalue weighted by atomic mass is 9.73. The molecule has 122 valence electrons. The molecule has 3 fully saturated rings. The molecule has 0 aliphatic carbocycles. The second-order valence-corrected chi connectivity index (χ2v) is 6.99. The molecule has 5 rings (SSSR count). The summed E-state index contributed by atoms with van der Waals surface area (Å²) in [4.78, 5) is 6.65. The first-order valence-corrected chi connectivity index (χ1v) is 8.47. The van der Waals surface area contributed by atoms with E-state index in [9.17, 15) is 5.11 Å². The Hall–Kier alpha value is -1.72. The zero-order valence-electron chi connectivity index (χ0n) is 13.5. The van der Waals surface area contributed by atoms with Crippen molar-refractivity contribution >= 4 is 0 Å². The second-order valence-electron chi connectivity index (χ2n) is 6.99. The summed E-state index contributed by atoms with van der Waals surface area (Å²) in [6.07, 6.45) is 4.04. The maximum atomic E-state index is 11.0. The standard InChI is InChI=1S/C18H23N3O2/c1-13-19-17(20-23-13)15-4-2-14(3-5-15)6-9-18(22)12-21-10-7-16(18)8-11-21/h2-5,16,22H,6-12H2,1H3. The molecule has 3 saturated heterocycles. The number of benzene rings is 1. The van der Waals surface area contributed by atoms with Crippen LogP contribution in [0.1, 0.15) is 30.7 Å². The SMILES string of the molecule is Cc1nc(-c2ccc(CCC3(O)CN4CCC3CC4)cc2)no1. The summed E-state index contributed by atoms with van der Waals surface area (Å²) in [5, 5.41) is 14.9. The lowest BCUT2D eigenvalue weighted by Crippen LogP contribution is -2.59. The molecular weight excluding hydrogens is 290 g/mol. The third kappa shape index (κ3) is 2.91. The first-order chi connectivity index (χ1) is 11.1. The molecule has 1 unspecified atom stereocenters. The summed E-state index contributed by atoms with van der Waals surface area (Å²) in [7, 11) is 0. The average Bonchev–Trinajstić information content (AvgIpc) is 3.01. The van der Waals surface area contributed by atoms with E-state index in [2.05, 4.69) is 27.2 Å². The molecule has 0 amide bonds. The maximum Gasteiger partial charge on any atom is 0.223 e. The van der Waals surface area contributed by atoms with Crippen LogP contribution in [0.25, 0.3) is 11.4 Å². The number of piperidine rings is 3. The van der Waals surface area contributed by atoms with E-state index < -0.39 is 5.60 Å². The fraction of sp³-hybridized carbons (Fsp3) is 0.556. The van der Waals surface area contributed by atoms with Gasteiger partial charge in [0.2, 0.25) is 11.7 Å². The van der Waals surface area contributed by atoms with Gasteiger partial charge in [-0.2, -0.15) is 4.98 Å². The van der Waals surface area contributed by atoms with Gasteiger partial charge in [-0.3, -0.25) is 0 Å². The Morgan fingerprint density at radius 3 is 2.57 bits per heavy atom. The van der Waals surface area contributed by atoms with Crippen LogP contribution in [0, 0.1) is 12.8 Å². The van der Waals surface area contributed by atoms with Crippen molar-refractivity contribution in [2.75, 3.05) is 19.6 Å². The first kappa shape index (κ1) is 14.8. The highest BCUT2D eigenvalue weighted by atomic mass is 16.5. The average molecular weight is 313 g/mol. The number of nitrogens with zero attached hydrogens (tertiary/aromatic N) is 3. The van der Waals surface area contributed by atoms with Crippen molar-refractivity contribution in [2.24, 2.45) is 5.92 Å². The lowest BCUT2D eigenvalue weighted by Gasteiger charge is -2.50. The quantitative estimate of drug-likeness (QED) is 0.939. The van der Waals surface area contributed by atoms with Crippen LogP contribution < -0.4 is 0 Å². The molecule has 1 atom stereocenters. The van der Waals surface area contributed by atoms with Gasteiger partial charge in [0.1, 0.15) is 0 Å². The summed E-state index contributed by atoms with van der Waals surface area (Å²) >= 11 is 0. The van der Waals surface area contributed by atoms with E-state index in [4.69, 9.17) is 4.52 Å². The Kier molecular flexibility index (Phi) is 3.70. The molecule has 0 saturated carbocycles. The van der Waals surface area contributed by atoms with Gasteiger partial charge in [0.15, 0.2) is 0 Å². The van der Waals surface area contributed by atoms with Gasteiger partial charge in [0.25, 0.3) is 0 Å². The molecule has 1 aromatic carbocycles. The van der Waals surface area contributed by atoms with Gasteiger partial charge in [-0.25, -0.2) is 0 Å². The summed E-state index contributed by atoms with van der Waals surface area (Å²) in [6, 6.07) is 8.26. The van der Waals surface area contributed by atoms with Crippen LogP contribution in [0.5, 0.6) is 0 Å². The molecule has 2 bridgehead atoms. The molecule has 5 nitrogen and oxygen atoms in total. The zero-order chi connectivity index (χ0) is 15.9. The predicted molar refractivity (Wildman–Crippen MR) is 86.9 cm³/mol. The zero-order valence-corrected chi connectivity index (χ0v) is 13.5. The van der Waals surface area contributed by atoms with Crippen molar-refractivity contribution in [2.45, 2.75) is 38.2 Å². The van der Waals surface area contributed by atoms with Crippen LogP contribution in [0.2, 0.25) is 0 Å². The molecule has 4 heterocycles. The van der Waals surface area contributed by atoms with E-state index in [1.807, 2.05) is 12.1 Å². The number of hydrogen-bond donors (Lipinski definition) is 1. The van der Waals surface area contributed by atoms with Crippen LogP contribution in [0.15, 0.2) is 28.8 Å². The van der Waals surface area contributed by atoms with Gasteiger partial charge in [-0.05, 0) is 50.3 Å². The molecule has 5 heteroatoms. The van der Waals surface area contributed by atoms with Crippen molar-refractivity contribution in [3.63, 3.8) is 0 Å². The summed E-state index contributed by atoms with van der Waals surface area (Å²) in [5.41, 5.74) is 1.71. The van der Waals surface area contributed by atoms with Crippen molar-refractivity contribution in [1.29, 1.82) is 0 Å². The minimum atomic E-state index is -0.500. The maximum absolute atomic E-state index is 11.0. The molecule has 0 spiro atoms. The predicted octanol–water partition coefficient (Wildman–Crippen LogP) is 2.43. The van der Waals surface area contributed by atoms with E-state index in [1.165, 1.54) is 5.56 Å². The van der Waals surface area contributed by atoms with E-state index in [0.29, 0.717) is 17.6 Å². The molecule has 2 aromatic rings. The van der Waals surface area contributed by atoms with Crippen molar-refractivity contribution < 1.29 is 9.63 Å². The monoisotopic (exact) mass is 313 g/mol. The Morgan fingerprint density at radius 1 is 1.26 bits per heavy atom. The second kappa shape index (κ2) is 5.73. The van der Waals surface area contributed by atoms with Gasteiger partial charge >= 0.3 is 0 Å². The third-order valence-electron chi connectivity index (χ3n) is 5.43. The largest absolute Gasteiger partial charge is 0.388 e. The van der Waals surface area contributed by atoms with Crippen LogP contribution in [-0.2, 0) is 6.42 Å². The molecule has 3 aliphatic rings. The summed E-state index contributed by atoms with van der Waals surface area (Å²) in [6.45, 7) is 4.95. The van der Waals surface area contributed by atoms with Gasteiger partial charge in [0.05, 0.1) is 5.60 Å². The van der Waals surface area contributed by atoms with Crippen LogP contribution in [0.3, 0.4) is 0 Å². The normalized spacial score (nSPS) is 29.8. The van der Waals surface area contributed by atoms with Crippen LogP contribution in [-0.4, -0.2) is 45.4 Å². The van der Waals surface area contributed by atoms with E-state index in [0.717, 1.165) is 50.9 Å². The molecular formula is C18H23N3O2. The van der Waals surface area contributed by atoms with E-state index in [1.54, 1.807) is 6.92 Å². The third-order valence-corrected chi connectivity index (χ3v) is 5.43. The minimum Gasteiger partial charge on any atom is -0.388 e. The molecule has 23 heavy (non-hydrogen) atoms. The highest BCUT2D eigenvalue weighted by Crippen LogP contribution is 2.38. The van der Waals surface area contributed by atoms with E-state index >= 15 is 0 Å². The van der Waals surface area contributed by atoms with E-state index in [-0.39, 0.29) is 0 Å². The Labute approximate surface area is 136 Å². The topological polar surface area (TPSA) is 62.4 Å². The van der Waals surface area contributed by atoms with Gasteiger partial charge in [-0.1, -0.05) is 29.4 Å². The Balaban J connectivity index is 1.41. The lowest BCUT2D eigenvalue weighted by molar-refractivity contribution is -0.115.